The van der Waals surface area contributed by atoms with Crippen LogP contribution in [0.3, 0.4) is 0 Å². The molecule has 2 aliphatic heterocycles. The lowest BCUT2D eigenvalue weighted by Crippen LogP contribution is -2.66. The van der Waals surface area contributed by atoms with E-state index in [1.54, 1.807) is 4.90 Å². The molecule has 3 heterocycles. The van der Waals surface area contributed by atoms with Crippen LogP contribution in [0.1, 0.15) is 56.4 Å². The zero-order valence-corrected chi connectivity index (χ0v) is 20.2. The monoisotopic (exact) mass is 523 g/mol. The predicted molar refractivity (Wildman–Crippen MR) is 117 cm³/mol. The molecule has 2 N–H and O–H groups in total. The molecule has 0 radical (unpaired) electrons. The molecule has 0 bridgehead atoms. The Morgan fingerprint density at radius 3 is 2.61 bits per heavy atom. The second kappa shape index (κ2) is 9.43. The molecule has 1 aliphatic carbocycles. The fourth-order valence-corrected chi connectivity index (χ4v) is 5.81. The highest BCUT2D eigenvalue weighted by Crippen LogP contribution is 2.47. The van der Waals surface area contributed by atoms with Crippen molar-refractivity contribution >= 4 is 5.91 Å². The Labute approximate surface area is 205 Å². The number of nitrogens with one attached hydrogen (secondary N) is 1. The van der Waals surface area contributed by atoms with Crippen LogP contribution in [0.5, 0.6) is 0 Å². The third-order valence-corrected chi connectivity index (χ3v) is 8.11. The summed E-state index contributed by atoms with van der Waals surface area (Å²) in [7, 11) is 0. The normalized spacial score (nSPS) is 31.6. The number of rotatable bonds is 4. The molecule has 0 spiro atoms. The maximum absolute atomic E-state index is 13.8. The Bertz CT molecular complexity index is 985. The smallest absolute Gasteiger partial charge is 0.378 e. The van der Waals surface area contributed by atoms with Gasteiger partial charge in [0.05, 0.1) is 17.6 Å². The first-order chi connectivity index (χ1) is 16.7. The van der Waals surface area contributed by atoms with Gasteiger partial charge in [0.15, 0.2) is 5.60 Å². The van der Waals surface area contributed by atoms with Crippen LogP contribution < -0.4 is 5.32 Å². The van der Waals surface area contributed by atoms with Gasteiger partial charge in [0, 0.05) is 50.1 Å². The highest BCUT2D eigenvalue weighted by molar-refractivity contribution is 5.83. The number of alkyl halides is 6. The maximum atomic E-state index is 13.8. The minimum Gasteiger partial charge on any atom is -0.378 e. The van der Waals surface area contributed by atoms with Gasteiger partial charge in [0.25, 0.3) is 0 Å². The van der Waals surface area contributed by atoms with Crippen molar-refractivity contribution < 1.29 is 41.0 Å². The summed E-state index contributed by atoms with van der Waals surface area (Å²) in [6.45, 7) is 3.30. The van der Waals surface area contributed by atoms with Crippen LogP contribution in [-0.2, 0) is 28.7 Å². The van der Waals surface area contributed by atoms with Gasteiger partial charge >= 0.3 is 12.4 Å². The van der Waals surface area contributed by atoms with Crippen LogP contribution in [0, 0.1) is 11.3 Å². The van der Waals surface area contributed by atoms with Crippen molar-refractivity contribution in [3.05, 3.63) is 29.1 Å². The van der Waals surface area contributed by atoms with Crippen LogP contribution in [0.4, 0.5) is 26.3 Å². The highest BCUT2D eigenvalue weighted by Gasteiger charge is 2.61. The van der Waals surface area contributed by atoms with Gasteiger partial charge in [0.1, 0.15) is 0 Å². The summed E-state index contributed by atoms with van der Waals surface area (Å²) in [5.41, 5.74) is -3.87. The van der Waals surface area contributed by atoms with Crippen molar-refractivity contribution in [1.29, 1.82) is 0 Å². The minimum atomic E-state index is -4.88. The molecule has 2 fully saturated rings. The Morgan fingerprint density at radius 1 is 1.25 bits per heavy atom. The zero-order valence-electron chi connectivity index (χ0n) is 20.2. The number of ether oxygens (including phenoxy) is 1. The lowest BCUT2D eigenvalue weighted by Gasteiger charge is -2.43. The van der Waals surface area contributed by atoms with E-state index < -0.39 is 47.6 Å². The van der Waals surface area contributed by atoms with E-state index in [1.165, 1.54) is 0 Å². The fraction of sp³-hybridized carbons (Fsp3) is 0.750. The number of carbonyl (C=O) groups excluding carboxylic acids is 1. The number of hydrogen-bond acceptors (Lipinski definition) is 5. The summed E-state index contributed by atoms with van der Waals surface area (Å²) in [6, 6.07) is -0.654. The first-order valence-corrected chi connectivity index (χ1v) is 12.1. The quantitative estimate of drug-likeness (QED) is 0.587. The maximum Gasteiger partial charge on any atom is 0.421 e. The molecule has 2 unspecified atom stereocenters. The molecule has 3 aliphatic rings. The van der Waals surface area contributed by atoms with Gasteiger partial charge in [-0.2, -0.15) is 26.3 Å². The molecular weight excluding hydrogens is 492 g/mol. The minimum absolute atomic E-state index is 0.00540. The van der Waals surface area contributed by atoms with E-state index in [2.05, 4.69) is 10.3 Å². The van der Waals surface area contributed by atoms with Gasteiger partial charge in [-0.05, 0) is 43.2 Å². The van der Waals surface area contributed by atoms with Gasteiger partial charge < -0.3 is 20.1 Å². The summed E-state index contributed by atoms with van der Waals surface area (Å²) in [4.78, 5) is 19.3. The number of hydrogen-bond donors (Lipinski definition) is 2. The highest BCUT2D eigenvalue weighted by atomic mass is 19.4. The third kappa shape index (κ3) is 4.83. The Hall–Kier alpha value is -1.92. The van der Waals surface area contributed by atoms with Crippen molar-refractivity contribution in [3.8, 4) is 0 Å². The Kier molecular flexibility index (Phi) is 7.11. The molecule has 202 valence electrons. The number of fused-ring (bicyclic) bond motifs is 1. The van der Waals surface area contributed by atoms with Crippen LogP contribution in [-0.4, -0.2) is 64.5 Å². The molecular formula is C24H31F6N3O3. The number of carbonyl (C=O) groups is 1. The summed E-state index contributed by atoms with van der Waals surface area (Å²) in [5, 5.41) is 13.3. The van der Waals surface area contributed by atoms with Crippen molar-refractivity contribution in [2.24, 2.45) is 11.3 Å². The molecule has 1 saturated heterocycles. The molecule has 1 saturated carbocycles. The van der Waals surface area contributed by atoms with Gasteiger partial charge in [-0.1, -0.05) is 13.8 Å². The second-order valence-electron chi connectivity index (χ2n) is 10.5. The van der Waals surface area contributed by atoms with Crippen molar-refractivity contribution in [2.45, 2.75) is 82.5 Å². The lowest BCUT2D eigenvalue weighted by atomic mass is 9.73. The number of halogens is 6. The van der Waals surface area contributed by atoms with Crippen LogP contribution >= 0.6 is 0 Å². The van der Waals surface area contributed by atoms with Crippen molar-refractivity contribution in [3.63, 3.8) is 0 Å². The number of pyridine rings is 1. The summed E-state index contributed by atoms with van der Waals surface area (Å²) in [5.74, 6) is -0.350. The first-order valence-electron chi connectivity index (χ1n) is 12.1. The average Bonchev–Trinajstić information content (AvgIpc) is 3.23. The average molecular weight is 524 g/mol. The third-order valence-electron chi connectivity index (χ3n) is 8.11. The standard InChI is InChI=1S/C24H31F6N3O3/c1-14(2)21(6-3-17(10-21)32-19-5-8-36-13-22(19,35)24(28,29)30)20(34)33-7-4-18-15(12-33)9-16(11-31-18)23(25,26)27/h9,11,14,17,19,32,35H,3-8,10,12-13H2,1-2H3/t17-,19?,21+,22?/m1/s1. The molecule has 36 heavy (non-hydrogen) atoms. The molecule has 12 heteroatoms. The van der Waals surface area contributed by atoms with Crippen molar-refractivity contribution in [1.82, 2.24) is 15.2 Å². The molecule has 4 rings (SSSR count). The Balaban J connectivity index is 1.51. The first kappa shape index (κ1) is 27.1. The molecule has 6 nitrogen and oxygen atoms in total. The van der Waals surface area contributed by atoms with Crippen LogP contribution in [0.25, 0.3) is 0 Å². The van der Waals surface area contributed by atoms with E-state index in [0.29, 0.717) is 37.1 Å². The predicted octanol–water partition coefficient (Wildman–Crippen LogP) is 3.85. The van der Waals surface area contributed by atoms with Gasteiger partial charge in [-0.15, -0.1) is 0 Å². The zero-order chi connectivity index (χ0) is 26.5. The van der Waals surface area contributed by atoms with E-state index in [9.17, 15) is 36.2 Å². The largest absolute Gasteiger partial charge is 0.421 e. The fourth-order valence-electron chi connectivity index (χ4n) is 5.81. The molecule has 1 aromatic rings. The Morgan fingerprint density at radius 2 is 1.97 bits per heavy atom. The lowest BCUT2D eigenvalue weighted by molar-refractivity contribution is -0.297. The van der Waals surface area contributed by atoms with E-state index in [1.807, 2.05) is 13.8 Å². The summed E-state index contributed by atoms with van der Waals surface area (Å²) in [6.07, 6.45) is -7.16. The number of aliphatic hydroxyl groups is 1. The van der Waals surface area contributed by atoms with Gasteiger partial charge in [0.2, 0.25) is 5.91 Å². The topological polar surface area (TPSA) is 74.7 Å². The number of nitrogens with zero attached hydrogens (tertiary/aromatic N) is 2. The molecule has 0 aromatic carbocycles. The molecule has 1 amide bonds. The van der Waals surface area contributed by atoms with Crippen LogP contribution in [0.15, 0.2) is 12.3 Å². The van der Waals surface area contributed by atoms with E-state index in [4.69, 9.17) is 4.74 Å². The van der Waals surface area contributed by atoms with E-state index in [-0.39, 0.29) is 37.8 Å². The van der Waals surface area contributed by atoms with Crippen LogP contribution in [0.2, 0.25) is 0 Å². The van der Waals surface area contributed by atoms with Gasteiger partial charge in [-0.25, -0.2) is 0 Å². The van der Waals surface area contributed by atoms with E-state index in [0.717, 1.165) is 12.3 Å². The van der Waals surface area contributed by atoms with Gasteiger partial charge in [-0.3, -0.25) is 9.78 Å². The number of amides is 1. The second-order valence-corrected chi connectivity index (χ2v) is 10.5. The van der Waals surface area contributed by atoms with E-state index >= 15 is 0 Å². The summed E-state index contributed by atoms with van der Waals surface area (Å²) < 4.78 is 85.3. The molecule has 4 atom stereocenters. The summed E-state index contributed by atoms with van der Waals surface area (Å²) >= 11 is 0. The SMILES string of the molecule is CC(C)[C@]1(C(=O)N2CCc3ncc(C(F)(F)F)cc3C2)CC[C@@H](NC2CCOCC2(O)C(F)(F)F)C1. The number of aromatic nitrogens is 1. The van der Waals surface area contributed by atoms with Crippen molar-refractivity contribution in [2.75, 3.05) is 19.8 Å². The molecule has 1 aromatic heterocycles.